The highest BCUT2D eigenvalue weighted by molar-refractivity contribution is 6.30. The van der Waals surface area contributed by atoms with Crippen molar-refractivity contribution in [2.45, 2.75) is 13.0 Å². The fourth-order valence-corrected chi connectivity index (χ4v) is 2.27. The highest BCUT2D eigenvalue weighted by Crippen LogP contribution is 2.18. The molecule has 0 spiro atoms. The molecule has 0 radical (unpaired) electrons. The zero-order chi connectivity index (χ0) is 14.7. The fourth-order valence-electron chi connectivity index (χ4n) is 2.14. The summed E-state index contributed by atoms with van der Waals surface area (Å²) in [6.07, 6.45) is 1.11. The van der Waals surface area contributed by atoms with Gasteiger partial charge in [-0.15, -0.1) is 0 Å². The number of hydrogen-bond acceptors (Lipinski definition) is 2. The van der Waals surface area contributed by atoms with Crippen molar-refractivity contribution in [1.82, 2.24) is 4.90 Å². The van der Waals surface area contributed by atoms with Gasteiger partial charge < -0.3 is 9.64 Å². The van der Waals surface area contributed by atoms with E-state index in [2.05, 4.69) is 0 Å². The van der Waals surface area contributed by atoms with E-state index in [0.29, 0.717) is 17.2 Å². The molecule has 4 heteroatoms. The Labute approximate surface area is 129 Å². The van der Waals surface area contributed by atoms with E-state index in [9.17, 15) is 4.79 Å². The van der Waals surface area contributed by atoms with E-state index < -0.39 is 0 Å². The number of carbonyl (C=O) groups excluding carboxylic acids is 1. The molecule has 21 heavy (non-hydrogen) atoms. The van der Waals surface area contributed by atoms with Gasteiger partial charge in [-0.2, -0.15) is 0 Å². The van der Waals surface area contributed by atoms with Crippen LogP contribution in [-0.2, 0) is 6.61 Å². The Morgan fingerprint density at radius 3 is 2.29 bits per heavy atom. The maximum Gasteiger partial charge on any atom is 0.253 e. The van der Waals surface area contributed by atoms with Crippen LogP contribution in [0.3, 0.4) is 0 Å². The molecule has 0 bridgehead atoms. The molecule has 0 aromatic heterocycles. The lowest BCUT2D eigenvalue weighted by Gasteiger charge is -2.30. The summed E-state index contributed by atoms with van der Waals surface area (Å²) >= 11 is 5.84. The van der Waals surface area contributed by atoms with Crippen LogP contribution in [0, 0.1) is 0 Å². The van der Waals surface area contributed by atoms with Crippen LogP contribution in [0.25, 0.3) is 0 Å². The molecule has 1 aliphatic heterocycles. The summed E-state index contributed by atoms with van der Waals surface area (Å²) in [6, 6.07) is 14.9. The Kier molecular flexibility index (Phi) is 4.11. The average Bonchev–Trinajstić information content (AvgIpc) is 2.45. The molecule has 3 rings (SSSR count). The molecule has 0 unspecified atom stereocenters. The van der Waals surface area contributed by atoms with Crippen LogP contribution in [0.15, 0.2) is 48.5 Å². The number of amides is 1. The van der Waals surface area contributed by atoms with E-state index in [1.807, 2.05) is 53.4 Å². The zero-order valence-electron chi connectivity index (χ0n) is 11.6. The van der Waals surface area contributed by atoms with Gasteiger partial charge in [0.1, 0.15) is 12.4 Å². The Hall–Kier alpha value is -2.00. The summed E-state index contributed by atoms with van der Waals surface area (Å²) in [5, 5.41) is 0.715. The van der Waals surface area contributed by atoms with Gasteiger partial charge >= 0.3 is 0 Å². The van der Waals surface area contributed by atoms with Crippen molar-refractivity contribution in [3.63, 3.8) is 0 Å². The lowest BCUT2D eigenvalue weighted by atomic mass is 10.1. The minimum Gasteiger partial charge on any atom is -0.489 e. The first kappa shape index (κ1) is 14.0. The first-order chi connectivity index (χ1) is 10.2. The second kappa shape index (κ2) is 6.19. The van der Waals surface area contributed by atoms with E-state index in [4.69, 9.17) is 16.3 Å². The maximum absolute atomic E-state index is 12.0. The molecule has 1 aliphatic rings. The summed E-state index contributed by atoms with van der Waals surface area (Å²) in [5.74, 6) is 0.857. The molecule has 1 fully saturated rings. The summed E-state index contributed by atoms with van der Waals surface area (Å²) in [5.41, 5.74) is 1.77. The molecule has 0 saturated carbocycles. The molecule has 2 aromatic rings. The Bertz CT molecular complexity index is 618. The van der Waals surface area contributed by atoms with Crippen molar-refractivity contribution in [3.8, 4) is 5.75 Å². The van der Waals surface area contributed by atoms with Gasteiger partial charge in [0.15, 0.2) is 0 Å². The van der Waals surface area contributed by atoms with Crippen molar-refractivity contribution in [1.29, 1.82) is 0 Å². The van der Waals surface area contributed by atoms with E-state index in [0.717, 1.165) is 30.8 Å². The molecular weight excluding hydrogens is 286 g/mol. The van der Waals surface area contributed by atoms with Crippen LogP contribution in [0.1, 0.15) is 22.3 Å². The van der Waals surface area contributed by atoms with Gasteiger partial charge in [-0.25, -0.2) is 0 Å². The SMILES string of the molecule is O=C(c1ccc(OCc2ccc(Cl)cc2)cc1)N1CCC1. The average molecular weight is 302 g/mol. The third-order valence-electron chi connectivity index (χ3n) is 3.56. The normalized spacial score (nSPS) is 13.7. The Morgan fingerprint density at radius 2 is 1.71 bits per heavy atom. The van der Waals surface area contributed by atoms with Gasteiger partial charge in [0.2, 0.25) is 0 Å². The monoisotopic (exact) mass is 301 g/mol. The third-order valence-corrected chi connectivity index (χ3v) is 3.82. The maximum atomic E-state index is 12.0. The second-order valence-corrected chi connectivity index (χ2v) is 5.52. The van der Waals surface area contributed by atoms with Gasteiger partial charge in [-0.3, -0.25) is 4.79 Å². The van der Waals surface area contributed by atoms with Crippen molar-refractivity contribution in [2.75, 3.05) is 13.1 Å². The van der Waals surface area contributed by atoms with Crippen LogP contribution >= 0.6 is 11.6 Å². The van der Waals surface area contributed by atoms with Crippen molar-refractivity contribution >= 4 is 17.5 Å². The number of rotatable bonds is 4. The molecular formula is C17H16ClNO2. The minimum atomic E-state index is 0.102. The van der Waals surface area contributed by atoms with Crippen LogP contribution in [0.4, 0.5) is 0 Å². The highest BCUT2D eigenvalue weighted by Gasteiger charge is 2.21. The molecule has 0 N–H and O–H groups in total. The fraction of sp³-hybridized carbons (Fsp3) is 0.235. The van der Waals surface area contributed by atoms with Gasteiger partial charge in [-0.05, 0) is 48.4 Å². The first-order valence-corrected chi connectivity index (χ1v) is 7.37. The van der Waals surface area contributed by atoms with Gasteiger partial charge in [0.05, 0.1) is 0 Å². The van der Waals surface area contributed by atoms with Crippen LogP contribution in [-0.4, -0.2) is 23.9 Å². The highest BCUT2D eigenvalue weighted by atomic mass is 35.5. The summed E-state index contributed by atoms with van der Waals surface area (Å²) < 4.78 is 5.70. The largest absolute Gasteiger partial charge is 0.489 e. The molecule has 1 amide bonds. The third kappa shape index (κ3) is 3.37. The number of benzene rings is 2. The van der Waals surface area contributed by atoms with Crippen LogP contribution in [0.2, 0.25) is 5.02 Å². The summed E-state index contributed by atoms with van der Waals surface area (Å²) in [4.78, 5) is 13.9. The number of ether oxygens (including phenoxy) is 1. The van der Waals surface area contributed by atoms with Crippen LogP contribution < -0.4 is 4.74 Å². The topological polar surface area (TPSA) is 29.5 Å². The number of nitrogens with zero attached hydrogens (tertiary/aromatic N) is 1. The van der Waals surface area contributed by atoms with E-state index in [1.54, 1.807) is 0 Å². The standard InChI is InChI=1S/C17H16ClNO2/c18-15-6-2-13(3-7-15)12-21-16-8-4-14(5-9-16)17(20)19-10-1-11-19/h2-9H,1,10-12H2. The molecule has 108 valence electrons. The van der Waals surface area contributed by atoms with Crippen molar-refractivity contribution in [3.05, 3.63) is 64.7 Å². The molecule has 3 nitrogen and oxygen atoms in total. The molecule has 0 aliphatic carbocycles. The van der Waals surface area contributed by atoms with E-state index in [1.165, 1.54) is 0 Å². The number of halogens is 1. The molecule has 1 heterocycles. The van der Waals surface area contributed by atoms with E-state index >= 15 is 0 Å². The van der Waals surface area contributed by atoms with Gasteiger partial charge in [-0.1, -0.05) is 23.7 Å². The summed E-state index contributed by atoms with van der Waals surface area (Å²) in [7, 11) is 0. The van der Waals surface area contributed by atoms with E-state index in [-0.39, 0.29) is 5.91 Å². The Morgan fingerprint density at radius 1 is 1.05 bits per heavy atom. The predicted molar refractivity (Wildman–Crippen MR) is 82.7 cm³/mol. The molecule has 1 saturated heterocycles. The second-order valence-electron chi connectivity index (χ2n) is 5.09. The lowest BCUT2D eigenvalue weighted by Crippen LogP contribution is -2.41. The Balaban J connectivity index is 1.59. The molecule has 2 aromatic carbocycles. The van der Waals surface area contributed by atoms with Crippen molar-refractivity contribution in [2.24, 2.45) is 0 Å². The van der Waals surface area contributed by atoms with Crippen LogP contribution in [0.5, 0.6) is 5.75 Å². The van der Waals surface area contributed by atoms with Crippen molar-refractivity contribution < 1.29 is 9.53 Å². The summed E-state index contributed by atoms with van der Waals surface area (Å²) in [6.45, 7) is 2.22. The number of carbonyl (C=O) groups is 1. The van der Waals surface area contributed by atoms with Gasteiger partial charge in [0, 0.05) is 23.7 Å². The predicted octanol–water partition coefficient (Wildman–Crippen LogP) is 3.76. The minimum absolute atomic E-state index is 0.102. The number of likely N-dealkylation sites (tertiary alicyclic amines) is 1. The smallest absolute Gasteiger partial charge is 0.253 e. The first-order valence-electron chi connectivity index (χ1n) is 6.99. The van der Waals surface area contributed by atoms with Gasteiger partial charge in [0.25, 0.3) is 5.91 Å². The quantitative estimate of drug-likeness (QED) is 0.860. The lowest BCUT2D eigenvalue weighted by molar-refractivity contribution is 0.0652. The number of hydrogen-bond donors (Lipinski definition) is 0. The molecule has 0 atom stereocenters. The zero-order valence-corrected chi connectivity index (χ0v) is 12.3.